The third kappa shape index (κ3) is 2.70. The summed E-state index contributed by atoms with van der Waals surface area (Å²) in [5.41, 5.74) is 0. The van der Waals surface area contributed by atoms with Crippen LogP contribution in [0.3, 0.4) is 0 Å². The lowest BCUT2D eigenvalue weighted by atomic mass is 9.92. The molecule has 0 aromatic carbocycles. The second kappa shape index (κ2) is 4.73. The van der Waals surface area contributed by atoms with E-state index >= 15 is 0 Å². The normalized spacial score (nSPS) is 23.7. The summed E-state index contributed by atoms with van der Waals surface area (Å²) >= 11 is 0. The Labute approximate surface area is 63.4 Å². The van der Waals surface area contributed by atoms with Crippen molar-refractivity contribution in [3.63, 3.8) is 0 Å². The molecule has 0 bridgehead atoms. The average Bonchev–Trinajstić information content (AvgIpc) is 1.87. The lowest BCUT2D eigenvalue weighted by Gasteiger charge is -2.15. The summed E-state index contributed by atoms with van der Waals surface area (Å²) in [5, 5.41) is 10.5. The highest BCUT2D eigenvalue weighted by Crippen LogP contribution is 2.21. The van der Waals surface area contributed by atoms with Gasteiger partial charge in [-0.1, -0.05) is 32.1 Å². The highest BCUT2D eigenvalue weighted by molar-refractivity contribution is 4.61. The van der Waals surface area contributed by atoms with Gasteiger partial charge in [-0.15, -0.1) is 0 Å². The first-order chi connectivity index (χ1) is 4.93. The summed E-state index contributed by atoms with van der Waals surface area (Å²) < 4.78 is 0. The molecule has 0 amide bonds. The maximum atomic E-state index is 10.5. The standard InChI is InChI=1S/C9H17O/c10-8-9-6-4-2-1-3-5-7-9/h9H,1-8H2. The van der Waals surface area contributed by atoms with E-state index in [1.165, 1.54) is 44.9 Å². The van der Waals surface area contributed by atoms with E-state index in [9.17, 15) is 5.11 Å². The fraction of sp³-hybridized carbons (Fsp3) is 1.00. The van der Waals surface area contributed by atoms with Crippen LogP contribution in [0.4, 0.5) is 0 Å². The van der Waals surface area contributed by atoms with Gasteiger partial charge in [0.2, 0.25) is 0 Å². The molecule has 1 aliphatic carbocycles. The predicted octanol–water partition coefficient (Wildman–Crippen LogP) is 2.78. The Bertz CT molecular complexity index is 72.8. The summed E-state index contributed by atoms with van der Waals surface area (Å²) in [5.74, 6) is 0.514. The van der Waals surface area contributed by atoms with E-state index in [0.29, 0.717) is 5.92 Å². The number of hydrogen-bond acceptors (Lipinski definition) is 0. The first-order valence-corrected chi connectivity index (χ1v) is 4.51. The lowest BCUT2D eigenvalue weighted by molar-refractivity contribution is 0.128. The van der Waals surface area contributed by atoms with E-state index in [2.05, 4.69) is 0 Å². The molecule has 0 saturated heterocycles. The van der Waals surface area contributed by atoms with E-state index in [-0.39, 0.29) is 6.61 Å². The smallest absolute Gasteiger partial charge is 0.0850 e. The zero-order valence-electron chi connectivity index (χ0n) is 6.64. The second-order valence-electron chi connectivity index (χ2n) is 3.38. The van der Waals surface area contributed by atoms with Crippen LogP contribution in [-0.2, 0) is 5.11 Å². The minimum atomic E-state index is 0.167. The van der Waals surface area contributed by atoms with Crippen molar-refractivity contribution in [3.05, 3.63) is 0 Å². The van der Waals surface area contributed by atoms with E-state index < -0.39 is 0 Å². The van der Waals surface area contributed by atoms with Crippen LogP contribution in [0.2, 0.25) is 0 Å². The number of hydrogen-bond donors (Lipinski definition) is 0. The van der Waals surface area contributed by atoms with Gasteiger partial charge in [0.15, 0.2) is 0 Å². The molecule has 0 aromatic rings. The van der Waals surface area contributed by atoms with Gasteiger partial charge in [-0.2, -0.15) is 0 Å². The Balaban J connectivity index is 2.16. The molecule has 0 aromatic heterocycles. The van der Waals surface area contributed by atoms with Crippen molar-refractivity contribution < 1.29 is 5.11 Å². The van der Waals surface area contributed by atoms with Crippen molar-refractivity contribution in [1.29, 1.82) is 0 Å². The predicted molar refractivity (Wildman–Crippen MR) is 41.4 cm³/mol. The van der Waals surface area contributed by atoms with Gasteiger partial charge in [0, 0.05) is 0 Å². The Morgan fingerprint density at radius 1 is 0.900 bits per heavy atom. The SMILES string of the molecule is [O]CC1CCCCCCC1. The van der Waals surface area contributed by atoms with Gasteiger partial charge in [0.25, 0.3) is 0 Å². The molecule has 1 rings (SSSR count). The van der Waals surface area contributed by atoms with Crippen LogP contribution in [0.15, 0.2) is 0 Å². The molecule has 0 aliphatic heterocycles. The molecule has 0 N–H and O–H groups in total. The molecular formula is C9H17O. The first-order valence-electron chi connectivity index (χ1n) is 4.51. The fourth-order valence-electron chi connectivity index (χ4n) is 1.71. The molecule has 1 heteroatoms. The molecule has 0 unspecified atom stereocenters. The Kier molecular flexibility index (Phi) is 3.81. The topological polar surface area (TPSA) is 19.9 Å². The van der Waals surface area contributed by atoms with Crippen LogP contribution in [-0.4, -0.2) is 6.61 Å². The van der Waals surface area contributed by atoms with Crippen LogP contribution >= 0.6 is 0 Å². The summed E-state index contributed by atoms with van der Waals surface area (Å²) in [4.78, 5) is 0. The largest absolute Gasteiger partial charge is 0.236 e. The molecule has 0 heterocycles. The molecule has 0 spiro atoms. The molecule has 59 valence electrons. The van der Waals surface area contributed by atoms with Crippen molar-refractivity contribution in [1.82, 2.24) is 0 Å². The minimum Gasteiger partial charge on any atom is -0.236 e. The highest BCUT2D eigenvalue weighted by Gasteiger charge is 2.09. The molecule has 1 nitrogen and oxygen atoms in total. The van der Waals surface area contributed by atoms with Crippen LogP contribution < -0.4 is 0 Å². The van der Waals surface area contributed by atoms with Gasteiger partial charge in [0.1, 0.15) is 0 Å². The van der Waals surface area contributed by atoms with Crippen molar-refractivity contribution in [2.75, 3.05) is 6.61 Å². The summed E-state index contributed by atoms with van der Waals surface area (Å²) in [6.07, 6.45) is 9.10. The molecule has 0 atom stereocenters. The lowest BCUT2D eigenvalue weighted by Crippen LogP contribution is -2.06. The van der Waals surface area contributed by atoms with E-state index in [1.807, 2.05) is 0 Å². The monoisotopic (exact) mass is 141 g/mol. The highest BCUT2D eigenvalue weighted by atomic mass is 16.3. The second-order valence-corrected chi connectivity index (χ2v) is 3.38. The van der Waals surface area contributed by atoms with Crippen LogP contribution in [0.1, 0.15) is 44.9 Å². The average molecular weight is 141 g/mol. The van der Waals surface area contributed by atoms with E-state index in [4.69, 9.17) is 0 Å². The Morgan fingerprint density at radius 3 is 1.90 bits per heavy atom. The third-order valence-corrected chi connectivity index (χ3v) is 2.46. The van der Waals surface area contributed by atoms with Crippen molar-refractivity contribution in [2.45, 2.75) is 44.9 Å². The van der Waals surface area contributed by atoms with Crippen LogP contribution in [0, 0.1) is 5.92 Å². The van der Waals surface area contributed by atoms with E-state index in [0.717, 1.165) is 0 Å². The summed E-state index contributed by atoms with van der Waals surface area (Å²) in [6.45, 7) is 0.167. The zero-order chi connectivity index (χ0) is 7.23. The quantitative estimate of drug-likeness (QED) is 0.535. The maximum Gasteiger partial charge on any atom is 0.0850 e. The van der Waals surface area contributed by atoms with Crippen LogP contribution in [0.5, 0.6) is 0 Å². The van der Waals surface area contributed by atoms with Gasteiger partial charge in [-0.25, -0.2) is 5.11 Å². The molecule has 1 aliphatic rings. The molecule has 1 saturated carbocycles. The Morgan fingerprint density at radius 2 is 1.40 bits per heavy atom. The third-order valence-electron chi connectivity index (χ3n) is 2.46. The fourth-order valence-corrected chi connectivity index (χ4v) is 1.71. The molecule has 1 radical (unpaired) electrons. The molecule has 1 fully saturated rings. The first kappa shape index (κ1) is 8.06. The molecule has 10 heavy (non-hydrogen) atoms. The summed E-state index contributed by atoms with van der Waals surface area (Å²) in [7, 11) is 0. The minimum absolute atomic E-state index is 0.167. The van der Waals surface area contributed by atoms with Crippen molar-refractivity contribution in [3.8, 4) is 0 Å². The molecular weight excluding hydrogens is 124 g/mol. The zero-order valence-corrected chi connectivity index (χ0v) is 6.64. The Hall–Kier alpha value is -0.0400. The van der Waals surface area contributed by atoms with Crippen molar-refractivity contribution >= 4 is 0 Å². The van der Waals surface area contributed by atoms with Gasteiger partial charge < -0.3 is 0 Å². The van der Waals surface area contributed by atoms with Gasteiger partial charge in [-0.05, 0) is 18.8 Å². The number of rotatable bonds is 1. The van der Waals surface area contributed by atoms with Crippen molar-refractivity contribution in [2.24, 2.45) is 5.92 Å². The van der Waals surface area contributed by atoms with Gasteiger partial charge in [0.05, 0.1) is 6.61 Å². The van der Waals surface area contributed by atoms with Crippen LogP contribution in [0.25, 0.3) is 0 Å². The summed E-state index contributed by atoms with van der Waals surface area (Å²) in [6, 6.07) is 0. The maximum absolute atomic E-state index is 10.5. The van der Waals surface area contributed by atoms with Gasteiger partial charge >= 0.3 is 0 Å². The van der Waals surface area contributed by atoms with Gasteiger partial charge in [-0.3, -0.25) is 0 Å². The van der Waals surface area contributed by atoms with E-state index in [1.54, 1.807) is 0 Å².